The van der Waals surface area contributed by atoms with Crippen LogP contribution in [-0.2, 0) is 4.79 Å². The average molecular weight is 268 g/mol. The number of hydrogen-bond acceptors (Lipinski definition) is 4. The number of Topliss-reactive ketones (excluding diaryl/α,β-unsaturated/α-hetero) is 1. The van der Waals surface area contributed by atoms with Crippen LogP contribution in [0.25, 0.3) is 0 Å². The van der Waals surface area contributed by atoms with E-state index in [-0.39, 0.29) is 11.3 Å². The Hall–Kier alpha value is -1.29. The Labute approximate surface area is 117 Å². The van der Waals surface area contributed by atoms with E-state index in [9.17, 15) is 9.90 Å². The number of aliphatic hydroxyl groups excluding tert-OH is 1. The summed E-state index contributed by atoms with van der Waals surface area (Å²) in [6.07, 6.45) is 0. The number of aliphatic hydroxyl groups is 1. The van der Waals surface area contributed by atoms with Gasteiger partial charge in [-0.25, -0.2) is 0 Å². The van der Waals surface area contributed by atoms with Crippen LogP contribution in [0, 0.1) is 0 Å². The second-order valence-electron chi connectivity index (χ2n) is 5.50. The number of rotatable bonds is 7. The zero-order valence-electron chi connectivity index (χ0n) is 13.3. The third-order valence-corrected chi connectivity index (χ3v) is 3.65. The minimum Gasteiger partial charge on any atom is -0.513 e. The first-order valence-electron chi connectivity index (χ1n) is 6.63. The Kier molecular flexibility index (Phi) is 6.84. The van der Waals surface area contributed by atoms with Crippen molar-refractivity contribution < 1.29 is 9.90 Å². The Balaban J connectivity index is 4.31. The maximum Gasteiger partial charge on any atom is 0.157 e. The van der Waals surface area contributed by atoms with Gasteiger partial charge in [0.15, 0.2) is 5.78 Å². The Bertz CT molecular complexity index is 389. The number of ketones is 1. The molecule has 0 aliphatic rings. The fourth-order valence-corrected chi connectivity index (χ4v) is 1.61. The Morgan fingerprint density at radius 1 is 1.05 bits per heavy atom. The predicted molar refractivity (Wildman–Crippen MR) is 80.1 cm³/mol. The molecule has 0 saturated heterocycles. The van der Waals surface area contributed by atoms with E-state index >= 15 is 0 Å². The minimum absolute atomic E-state index is 0.0907. The monoisotopic (exact) mass is 268 g/mol. The first-order chi connectivity index (χ1) is 8.59. The largest absolute Gasteiger partial charge is 0.513 e. The van der Waals surface area contributed by atoms with Gasteiger partial charge in [-0.05, 0) is 54.0 Å². The predicted octanol–water partition coefficient (Wildman–Crippen LogP) is 2.68. The topological polar surface area (TPSA) is 61.4 Å². The Morgan fingerprint density at radius 2 is 1.58 bits per heavy atom. The van der Waals surface area contributed by atoms with Crippen molar-refractivity contribution in [2.75, 3.05) is 13.1 Å². The van der Waals surface area contributed by atoms with Crippen LogP contribution >= 0.6 is 0 Å². The van der Waals surface area contributed by atoms with E-state index in [0.717, 1.165) is 29.9 Å². The van der Waals surface area contributed by atoms with Gasteiger partial charge in [-0.3, -0.25) is 4.79 Å². The molecule has 0 aromatic rings. The highest BCUT2D eigenvalue weighted by atomic mass is 16.3. The summed E-state index contributed by atoms with van der Waals surface area (Å²) in [4.78, 5) is 11.2. The lowest BCUT2D eigenvalue weighted by molar-refractivity contribution is -0.113. The van der Waals surface area contributed by atoms with Gasteiger partial charge in [0.25, 0.3) is 0 Å². The number of carbonyl (C=O) groups is 1. The summed E-state index contributed by atoms with van der Waals surface area (Å²) in [5, 5.41) is 16.1. The number of hydrogen-bond donors (Lipinski definition) is 3. The summed E-state index contributed by atoms with van der Waals surface area (Å²) in [7, 11) is 0. The van der Waals surface area contributed by atoms with Crippen LogP contribution < -0.4 is 10.6 Å². The quantitative estimate of drug-likeness (QED) is 0.377. The van der Waals surface area contributed by atoms with Crippen molar-refractivity contribution in [3.05, 3.63) is 22.6 Å². The zero-order chi connectivity index (χ0) is 15.2. The van der Waals surface area contributed by atoms with E-state index in [1.54, 1.807) is 13.8 Å². The van der Waals surface area contributed by atoms with Crippen LogP contribution in [0.1, 0.15) is 48.5 Å². The van der Waals surface area contributed by atoms with Crippen LogP contribution in [0.3, 0.4) is 0 Å². The smallest absolute Gasteiger partial charge is 0.157 e. The van der Waals surface area contributed by atoms with Crippen molar-refractivity contribution in [2.24, 2.45) is 0 Å². The fourth-order valence-electron chi connectivity index (χ4n) is 1.61. The molecule has 0 spiro atoms. The second-order valence-corrected chi connectivity index (χ2v) is 5.50. The second kappa shape index (κ2) is 7.34. The molecule has 3 N–H and O–H groups in total. The number of allylic oxidation sites excluding steroid dienone is 3. The van der Waals surface area contributed by atoms with E-state index < -0.39 is 0 Å². The molecule has 0 aromatic heterocycles. The lowest BCUT2D eigenvalue weighted by Crippen LogP contribution is -2.44. The van der Waals surface area contributed by atoms with Gasteiger partial charge >= 0.3 is 0 Å². The highest BCUT2D eigenvalue weighted by molar-refractivity contribution is 5.93. The van der Waals surface area contributed by atoms with E-state index in [4.69, 9.17) is 0 Å². The molecule has 0 unspecified atom stereocenters. The highest BCUT2D eigenvalue weighted by Crippen LogP contribution is 2.17. The lowest BCUT2D eigenvalue weighted by atomic mass is 9.94. The zero-order valence-corrected chi connectivity index (χ0v) is 13.3. The van der Waals surface area contributed by atoms with Gasteiger partial charge in [-0.15, -0.1) is 0 Å². The number of carbonyl (C=O) groups excluding carboxylic acids is 1. The molecule has 4 heteroatoms. The van der Waals surface area contributed by atoms with E-state index in [0.29, 0.717) is 5.76 Å². The van der Waals surface area contributed by atoms with Crippen LogP contribution in [-0.4, -0.2) is 29.5 Å². The molecule has 0 rings (SSSR count). The fraction of sp³-hybridized carbons (Fsp3) is 0.667. The van der Waals surface area contributed by atoms with Gasteiger partial charge in [-0.2, -0.15) is 0 Å². The van der Waals surface area contributed by atoms with Crippen molar-refractivity contribution in [3.8, 4) is 0 Å². The summed E-state index contributed by atoms with van der Waals surface area (Å²) in [5.41, 5.74) is 2.37. The molecule has 0 bridgehead atoms. The van der Waals surface area contributed by atoms with Crippen molar-refractivity contribution in [1.29, 1.82) is 0 Å². The molecule has 0 aromatic carbocycles. The summed E-state index contributed by atoms with van der Waals surface area (Å²) in [6, 6.07) is 0. The van der Waals surface area contributed by atoms with E-state index in [2.05, 4.69) is 10.6 Å². The van der Waals surface area contributed by atoms with Gasteiger partial charge < -0.3 is 15.7 Å². The van der Waals surface area contributed by atoms with E-state index in [1.165, 1.54) is 0 Å². The maximum atomic E-state index is 11.2. The standard InChI is InChI=1S/C15H28N2O2/c1-10(13(4)18)12(3)16-8-9-17-15(6,7)11(2)14(5)19/h16-17,19H,8-9H2,1-7H3/b12-10?,14-11-. The van der Waals surface area contributed by atoms with Crippen LogP contribution in [0.4, 0.5) is 0 Å². The van der Waals surface area contributed by atoms with Crippen molar-refractivity contribution in [2.45, 2.75) is 54.0 Å². The van der Waals surface area contributed by atoms with Gasteiger partial charge in [0.05, 0.1) is 5.76 Å². The molecule has 110 valence electrons. The van der Waals surface area contributed by atoms with Crippen molar-refractivity contribution >= 4 is 5.78 Å². The van der Waals surface area contributed by atoms with Gasteiger partial charge in [-0.1, -0.05) is 0 Å². The van der Waals surface area contributed by atoms with Crippen LogP contribution in [0.15, 0.2) is 22.6 Å². The molecule has 0 fully saturated rings. The maximum absolute atomic E-state index is 11.2. The molecule has 19 heavy (non-hydrogen) atoms. The molecular weight excluding hydrogens is 240 g/mol. The Morgan fingerprint density at radius 3 is 2.00 bits per heavy atom. The minimum atomic E-state index is -0.242. The summed E-state index contributed by atoms with van der Waals surface area (Å²) in [5.74, 6) is 0.446. The average Bonchev–Trinajstić information content (AvgIpc) is 2.31. The highest BCUT2D eigenvalue weighted by Gasteiger charge is 2.20. The molecule has 0 amide bonds. The molecule has 0 aliphatic heterocycles. The summed E-state index contributed by atoms with van der Waals surface area (Å²) < 4.78 is 0. The van der Waals surface area contributed by atoms with E-state index in [1.807, 2.05) is 34.6 Å². The third kappa shape index (κ3) is 5.92. The first kappa shape index (κ1) is 17.7. The first-order valence-corrected chi connectivity index (χ1v) is 6.63. The van der Waals surface area contributed by atoms with Crippen molar-refractivity contribution in [1.82, 2.24) is 10.6 Å². The third-order valence-electron chi connectivity index (χ3n) is 3.65. The lowest BCUT2D eigenvalue weighted by Gasteiger charge is -2.28. The molecule has 4 nitrogen and oxygen atoms in total. The molecule has 0 atom stereocenters. The normalized spacial score (nSPS) is 14.7. The summed E-state index contributed by atoms with van der Waals surface area (Å²) >= 11 is 0. The van der Waals surface area contributed by atoms with Gasteiger partial charge in [0.2, 0.25) is 0 Å². The number of nitrogens with one attached hydrogen (secondary N) is 2. The molecule has 0 aliphatic carbocycles. The molecule has 0 saturated carbocycles. The van der Waals surface area contributed by atoms with Gasteiger partial charge in [0.1, 0.15) is 0 Å². The van der Waals surface area contributed by atoms with Crippen LogP contribution in [0.2, 0.25) is 0 Å². The molecule has 0 radical (unpaired) electrons. The molecule has 0 heterocycles. The SMILES string of the molecule is CC(=O)C(C)=C(C)NCCNC(C)(C)/C(C)=C(/C)O. The molecular formula is C15H28N2O2. The van der Waals surface area contributed by atoms with Gasteiger partial charge in [0, 0.05) is 29.9 Å². The van der Waals surface area contributed by atoms with Crippen molar-refractivity contribution in [3.63, 3.8) is 0 Å². The van der Waals surface area contributed by atoms with Crippen LogP contribution in [0.5, 0.6) is 0 Å². The summed E-state index contributed by atoms with van der Waals surface area (Å²) in [6.45, 7) is 14.5.